The van der Waals surface area contributed by atoms with E-state index in [0.29, 0.717) is 5.56 Å². The number of aryl methyl sites for hydroxylation is 2. The van der Waals surface area contributed by atoms with E-state index in [2.05, 4.69) is 5.16 Å². The first-order valence-corrected chi connectivity index (χ1v) is 5.25. The zero-order valence-corrected chi connectivity index (χ0v) is 10.3. The molecule has 17 heavy (non-hydrogen) atoms. The molecule has 0 unspecified atom stereocenters. The van der Waals surface area contributed by atoms with E-state index < -0.39 is 0 Å². The first-order chi connectivity index (χ1) is 7.95. The molecule has 0 fully saturated rings. The van der Waals surface area contributed by atoms with Crippen LogP contribution in [0.4, 0.5) is 0 Å². The van der Waals surface area contributed by atoms with Gasteiger partial charge in [-0.05, 0) is 37.1 Å². The number of amides is 1. The number of carbonyl (C=O) groups excluding carboxylic acids is 1. The van der Waals surface area contributed by atoms with Gasteiger partial charge in [0.25, 0.3) is 5.91 Å². The molecule has 5 heteroatoms. The monoisotopic (exact) mass is 235 g/mol. The minimum absolute atomic E-state index is 0.00434. The Morgan fingerprint density at radius 3 is 2.59 bits per heavy atom. The van der Waals surface area contributed by atoms with E-state index in [1.807, 2.05) is 26.0 Å². The molecule has 92 valence electrons. The number of benzene rings is 1. The van der Waals surface area contributed by atoms with Gasteiger partial charge in [-0.3, -0.25) is 4.79 Å². The Morgan fingerprint density at radius 2 is 2.06 bits per heavy atom. The predicted octanol–water partition coefficient (Wildman–Crippen LogP) is 1.12. The van der Waals surface area contributed by atoms with Gasteiger partial charge in [0.1, 0.15) is 0 Å². The zero-order valence-electron chi connectivity index (χ0n) is 10.3. The smallest absolute Gasteiger partial charge is 0.254 e. The van der Waals surface area contributed by atoms with Crippen LogP contribution < -0.4 is 5.73 Å². The van der Waals surface area contributed by atoms with E-state index in [9.17, 15) is 4.79 Å². The van der Waals surface area contributed by atoms with Crippen molar-refractivity contribution in [1.82, 2.24) is 4.90 Å². The Morgan fingerprint density at radius 1 is 1.41 bits per heavy atom. The molecule has 1 aromatic carbocycles. The first-order valence-electron chi connectivity index (χ1n) is 5.25. The summed E-state index contributed by atoms with van der Waals surface area (Å²) in [5, 5.41) is 11.3. The van der Waals surface area contributed by atoms with Crippen molar-refractivity contribution in [3.8, 4) is 0 Å². The predicted molar refractivity (Wildman–Crippen MR) is 66.3 cm³/mol. The molecule has 1 rings (SSSR count). The Labute approximate surface area is 101 Å². The van der Waals surface area contributed by atoms with Crippen molar-refractivity contribution in [2.75, 3.05) is 13.6 Å². The topological polar surface area (TPSA) is 78.9 Å². The highest BCUT2D eigenvalue weighted by molar-refractivity contribution is 5.97. The van der Waals surface area contributed by atoms with Gasteiger partial charge in [-0.1, -0.05) is 11.2 Å². The van der Waals surface area contributed by atoms with E-state index in [-0.39, 0.29) is 18.3 Å². The molecule has 0 aromatic heterocycles. The van der Waals surface area contributed by atoms with Gasteiger partial charge in [-0.15, -0.1) is 0 Å². The average Bonchev–Trinajstić information content (AvgIpc) is 2.31. The molecule has 0 aliphatic carbocycles. The van der Waals surface area contributed by atoms with Gasteiger partial charge in [-0.25, -0.2) is 0 Å². The summed E-state index contributed by atoms with van der Waals surface area (Å²) in [5.41, 5.74) is 8.15. The van der Waals surface area contributed by atoms with Crippen molar-refractivity contribution in [3.63, 3.8) is 0 Å². The minimum Gasteiger partial charge on any atom is -0.409 e. The summed E-state index contributed by atoms with van der Waals surface area (Å²) in [6.45, 7) is 4.04. The van der Waals surface area contributed by atoms with Crippen LogP contribution in [0.5, 0.6) is 0 Å². The van der Waals surface area contributed by atoms with E-state index in [1.54, 1.807) is 13.1 Å². The number of likely N-dealkylation sites (N-methyl/N-ethyl adjacent to an activating group) is 1. The van der Waals surface area contributed by atoms with Crippen LogP contribution in [0.3, 0.4) is 0 Å². The Kier molecular flexibility index (Phi) is 4.09. The average molecular weight is 235 g/mol. The lowest BCUT2D eigenvalue weighted by molar-refractivity contribution is 0.0813. The molecule has 0 heterocycles. The fraction of sp³-hybridized carbons (Fsp3) is 0.333. The van der Waals surface area contributed by atoms with Crippen molar-refractivity contribution in [1.29, 1.82) is 0 Å². The maximum absolute atomic E-state index is 12.0. The molecule has 1 amide bonds. The Bertz CT molecular complexity index is 455. The molecule has 0 radical (unpaired) electrons. The molecule has 0 spiro atoms. The third-order valence-corrected chi connectivity index (χ3v) is 2.63. The van der Waals surface area contributed by atoms with Crippen molar-refractivity contribution < 1.29 is 10.0 Å². The van der Waals surface area contributed by atoms with Crippen molar-refractivity contribution in [3.05, 3.63) is 34.9 Å². The van der Waals surface area contributed by atoms with E-state index in [1.165, 1.54) is 4.90 Å². The normalized spacial score (nSPS) is 11.4. The second-order valence-electron chi connectivity index (χ2n) is 4.05. The quantitative estimate of drug-likeness (QED) is 0.356. The van der Waals surface area contributed by atoms with Gasteiger partial charge in [0.2, 0.25) is 0 Å². The second-order valence-corrected chi connectivity index (χ2v) is 4.05. The van der Waals surface area contributed by atoms with Gasteiger partial charge in [0.15, 0.2) is 5.84 Å². The lowest BCUT2D eigenvalue weighted by Gasteiger charge is -2.16. The number of amidine groups is 1. The van der Waals surface area contributed by atoms with Crippen molar-refractivity contribution in [2.24, 2.45) is 10.9 Å². The number of hydrogen-bond acceptors (Lipinski definition) is 3. The third-order valence-electron chi connectivity index (χ3n) is 2.63. The van der Waals surface area contributed by atoms with Crippen LogP contribution in [0.2, 0.25) is 0 Å². The highest BCUT2D eigenvalue weighted by Gasteiger charge is 2.13. The van der Waals surface area contributed by atoms with Crippen LogP contribution in [0.25, 0.3) is 0 Å². The summed E-state index contributed by atoms with van der Waals surface area (Å²) in [6.07, 6.45) is 0. The lowest BCUT2D eigenvalue weighted by atomic mass is 10.1. The highest BCUT2D eigenvalue weighted by Crippen LogP contribution is 2.11. The summed E-state index contributed by atoms with van der Waals surface area (Å²) in [4.78, 5) is 13.4. The molecule has 0 aliphatic rings. The van der Waals surface area contributed by atoms with Crippen LogP contribution in [0.1, 0.15) is 21.5 Å². The van der Waals surface area contributed by atoms with Crippen LogP contribution >= 0.6 is 0 Å². The number of nitrogens with zero attached hydrogens (tertiary/aromatic N) is 2. The number of nitrogens with two attached hydrogens (primary N) is 1. The Hall–Kier alpha value is -2.04. The maximum atomic E-state index is 12.0. The number of oxime groups is 1. The highest BCUT2D eigenvalue weighted by atomic mass is 16.4. The van der Waals surface area contributed by atoms with Crippen LogP contribution in [-0.4, -0.2) is 35.4 Å². The van der Waals surface area contributed by atoms with Crippen molar-refractivity contribution >= 4 is 11.7 Å². The summed E-state index contributed by atoms with van der Waals surface area (Å²) in [5.74, 6) is -0.149. The maximum Gasteiger partial charge on any atom is 0.254 e. The molecule has 0 saturated heterocycles. The molecular formula is C12H17N3O2. The van der Waals surface area contributed by atoms with E-state index in [0.717, 1.165) is 11.1 Å². The zero-order chi connectivity index (χ0) is 13.0. The molecule has 0 atom stereocenters. The molecule has 0 saturated carbocycles. The van der Waals surface area contributed by atoms with Crippen molar-refractivity contribution in [2.45, 2.75) is 13.8 Å². The van der Waals surface area contributed by atoms with Crippen LogP contribution in [0.15, 0.2) is 23.4 Å². The molecule has 5 nitrogen and oxygen atoms in total. The van der Waals surface area contributed by atoms with Crippen LogP contribution in [-0.2, 0) is 0 Å². The summed E-state index contributed by atoms with van der Waals surface area (Å²) >= 11 is 0. The second kappa shape index (κ2) is 5.34. The molecule has 3 N–H and O–H groups in total. The van der Waals surface area contributed by atoms with Gasteiger partial charge in [-0.2, -0.15) is 0 Å². The van der Waals surface area contributed by atoms with E-state index in [4.69, 9.17) is 10.9 Å². The molecule has 0 aliphatic heterocycles. The largest absolute Gasteiger partial charge is 0.409 e. The lowest BCUT2D eigenvalue weighted by Crippen LogP contribution is -2.35. The standard InChI is InChI=1S/C12H17N3O2/c1-8-4-5-10(6-9(8)2)12(16)15(3)7-11(13)14-17/h4-6,17H,7H2,1-3H3,(H2,13,14). The minimum atomic E-state index is -0.153. The summed E-state index contributed by atoms with van der Waals surface area (Å²) in [7, 11) is 1.61. The van der Waals surface area contributed by atoms with Gasteiger partial charge in [0, 0.05) is 12.6 Å². The fourth-order valence-corrected chi connectivity index (χ4v) is 1.44. The number of hydrogen-bond donors (Lipinski definition) is 2. The fourth-order valence-electron chi connectivity index (χ4n) is 1.44. The molecule has 1 aromatic rings. The van der Waals surface area contributed by atoms with Gasteiger partial charge < -0.3 is 15.8 Å². The number of carbonyl (C=O) groups is 1. The van der Waals surface area contributed by atoms with E-state index >= 15 is 0 Å². The number of rotatable bonds is 3. The third kappa shape index (κ3) is 3.21. The van der Waals surface area contributed by atoms with Gasteiger partial charge in [0.05, 0.1) is 6.54 Å². The van der Waals surface area contributed by atoms with Gasteiger partial charge >= 0.3 is 0 Å². The first kappa shape index (κ1) is 13.0. The summed E-state index contributed by atoms with van der Waals surface area (Å²) in [6, 6.07) is 5.51. The molecular weight excluding hydrogens is 218 g/mol. The summed E-state index contributed by atoms with van der Waals surface area (Å²) < 4.78 is 0. The SMILES string of the molecule is Cc1ccc(C(=O)N(C)CC(N)=NO)cc1C. The molecule has 0 bridgehead atoms. The Balaban J connectivity index is 2.85. The van der Waals surface area contributed by atoms with Crippen LogP contribution in [0, 0.1) is 13.8 Å².